The summed E-state index contributed by atoms with van der Waals surface area (Å²) in [6.45, 7) is 3.90. The molecule has 0 saturated carbocycles. The third-order valence-corrected chi connectivity index (χ3v) is 4.02. The summed E-state index contributed by atoms with van der Waals surface area (Å²) in [4.78, 5) is 13.0. The van der Waals surface area contributed by atoms with Gasteiger partial charge in [0, 0.05) is 11.1 Å². The van der Waals surface area contributed by atoms with Crippen LogP contribution >= 0.6 is 11.6 Å². The van der Waals surface area contributed by atoms with Crippen LogP contribution < -0.4 is 0 Å². The van der Waals surface area contributed by atoms with Gasteiger partial charge < -0.3 is 0 Å². The monoisotopic (exact) mass is 325 g/mol. The Morgan fingerprint density at radius 1 is 1.13 bits per heavy atom. The number of carbonyl (C=O) groups excluding carboxylic acids is 1. The molecule has 0 atom stereocenters. The molecule has 0 amide bonds. The van der Waals surface area contributed by atoms with Crippen LogP contribution in [0.2, 0.25) is 0 Å². The van der Waals surface area contributed by atoms with Gasteiger partial charge in [-0.1, -0.05) is 35.9 Å². The number of hydrogen-bond donors (Lipinski definition) is 0. The molecule has 0 aliphatic heterocycles. The number of nitrogens with zero attached hydrogens (tertiary/aromatic N) is 3. The maximum atomic E-state index is 13.0. The number of rotatable bonds is 4. The predicted molar refractivity (Wildman–Crippen MR) is 90.3 cm³/mol. The summed E-state index contributed by atoms with van der Waals surface area (Å²) in [6.07, 6.45) is 1.58. The number of ketones is 1. The highest BCUT2D eigenvalue weighted by Crippen LogP contribution is 2.23. The molecule has 0 spiro atoms. The highest BCUT2D eigenvalue weighted by Gasteiger charge is 2.18. The molecule has 0 aliphatic carbocycles. The first-order valence-corrected chi connectivity index (χ1v) is 7.81. The quantitative estimate of drug-likeness (QED) is 0.540. The van der Waals surface area contributed by atoms with E-state index in [-0.39, 0.29) is 11.7 Å². The minimum atomic E-state index is -0.0176. The largest absolute Gasteiger partial charge is 0.289 e. The Labute approximate surface area is 139 Å². The molecule has 4 nitrogen and oxygen atoms in total. The van der Waals surface area contributed by atoms with Crippen LogP contribution in [0.5, 0.6) is 0 Å². The van der Waals surface area contributed by atoms with E-state index in [4.69, 9.17) is 11.6 Å². The molecule has 0 unspecified atom stereocenters. The molecule has 1 heterocycles. The second-order valence-electron chi connectivity index (χ2n) is 5.42. The van der Waals surface area contributed by atoms with Gasteiger partial charge in [-0.05, 0) is 31.5 Å². The molecule has 3 aromatic rings. The molecule has 3 rings (SSSR count). The molecule has 0 bridgehead atoms. The Morgan fingerprint density at radius 3 is 2.65 bits per heavy atom. The van der Waals surface area contributed by atoms with Crippen molar-refractivity contribution in [2.45, 2.75) is 19.7 Å². The molecule has 0 fully saturated rings. The van der Waals surface area contributed by atoms with E-state index in [1.54, 1.807) is 10.9 Å². The maximum absolute atomic E-state index is 13.0. The Kier molecular flexibility index (Phi) is 4.26. The molecule has 1 aromatic heterocycles. The molecule has 0 saturated heterocycles. The fraction of sp³-hybridized carbons (Fsp3) is 0.167. The van der Waals surface area contributed by atoms with Crippen LogP contribution in [-0.2, 0) is 5.88 Å². The standard InChI is InChI=1S/C18H16ClN3O/c1-12-7-8-16(22-11-20-21-17(22)10-19)15(9-12)18(23)14-6-4-3-5-13(14)2/h3-9,11H,10H2,1-2H3. The fourth-order valence-electron chi connectivity index (χ4n) is 2.57. The first-order valence-electron chi connectivity index (χ1n) is 7.28. The van der Waals surface area contributed by atoms with E-state index in [9.17, 15) is 4.79 Å². The average molecular weight is 326 g/mol. The van der Waals surface area contributed by atoms with Crippen molar-refractivity contribution in [3.05, 3.63) is 76.9 Å². The van der Waals surface area contributed by atoms with Crippen LogP contribution in [0.4, 0.5) is 0 Å². The molecule has 116 valence electrons. The number of aryl methyl sites for hydroxylation is 2. The van der Waals surface area contributed by atoms with E-state index in [0.29, 0.717) is 17.0 Å². The Morgan fingerprint density at radius 2 is 1.91 bits per heavy atom. The lowest BCUT2D eigenvalue weighted by Crippen LogP contribution is -2.10. The fourth-order valence-corrected chi connectivity index (χ4v) is 2.75. The Bertz CT molecular complexity index is 870. The summed E-state index contributed by atoms with van der Waals surface area (Å²) in [5, 5.41) is 7.89. The van der Waals surface area contributed by atoms with Crippen LogP contribution in [0, 0.1) is 13.8 Å². The number of hydrogen-bond acceptors (Lipinski definition) is 3. The lowest BCUT2D eigenvalue weighted by atomic mass is 9.96. The summed E-state index contributed by atoms with van der Waals surface area (Å²) in [7, 11) is 0. The minimum Gasteiger partial charge on any atom is -0.289 e. The smallest absolute Gasteiger partial charge is 0.195 e. The van der Waals surface area contributed by atoms with Crippen LogP contribution in [0.15, 0.2) is 48.8 Å². The minimum absolute atomic E-state index is 0.0176. The number of aromatic nitrogens is 3. The molecule has 0 aliphatic rings. The summed E-state index contributed by atoms with van der Waals surface area (Å²) >= 11 is 5.92. The van der Waals surface area contributed by atoms with E-state index in [2.05, 4.69) is 10.2 Å². The van der Waals surface area contributed by atoms with Gasteiger partial charge in [0.15, 0.2) is 11.6 Å². The second-order valence-corrected chi connectivity index (χ2v) is 5.68. The molecule has 0 radical (unpaired) electrons. The maximum Gasteiger partial charge on any atom is 0.195 e. The van der Waals surface area contributed by atoms with Crippen molar-refractivity contribution >= 4 is 17.4 Å². The Balaban J connectivity index is 2.18. The van der Waals surface area contributed by atoms with Gasteiger partial charge in [0.25, 0.3) is 0 Å². The van der Waals surface area contributed by atoms with Gasteiger partial charge in [-0.3, -0.25) is 9.36 Å². The van der Waals surface area contributed by atoms with Crippen molar-refractivity contribution in [2.24, 2.45) is 0 Å². The van der Waals surface area contributed by atoms with E-state index in [0.717, 1.165) is 16.8 Å². The van der Waals surface area contributed by atoms with Crippen LogP contribution in [0.25, 0.3) is 5.69 Å². The summed E-state index contributed by atoms with van der Waals surface area (Å²) in [5.74, 6) is 0.816. The zero-order chi connectivity index (χ0) is 16.4. The predicted octanol–water partition coefficient (Wildman–Crippen LogP) is 3.85. The average Bonchev–Trinajstić information content (AvgIpc) is 3.03. The number of benzene rings is 2. The van der Waals surface area contributed by atoms with Gasteiger partial charge in [-0.25, -0.2) is 0 Å². The van der Waals surface area contributed by atoms with E-state index in [1.165, 1.54) is 0 Å². The van der Waals surface area contributed by atoms with Gasteiger partial charge in [0.05, 0.1) is 11.6 Å². The van der Waals surface area contributed by atoms with Gasteiger partial charge in [0.2, 0.25) is 0 Å². The second kappa shape index (κ2) is 6.34. The van der Waals surface area contributed by atoms with E-state index in [1.807, 2.05) is 56.3 Å². The van der Waals surface area contributed by atoms with Crippen molar-refractivity contribution in [1.82, 2.24) is 14.8 Å². The number of carbonyl (C=O) groups is 1. The van der Waals surface area contributed by atoms with Crippen LogP contribution in [0.3, 0.4) is 0 Å². The zero-order valence-corrected chi connectivity index (χ0v) is 13.7. The van der Waals surface area contributed by atoms with Crippen LogP contribution in [0.1, 0.15) is 32.9 Å². The van der Waals surface area contributed by atoms with Crippen LogP contribution in [-0.4, -0.2) is 20.5 Å². The summed E-state index contributed by atoms with van der Waals surface area (Å²) < 4.78 is 1.76. The first-order chi connectivity index (χ1) is 11.1. The zero-order valence-electron chi connectivity index (χ0n) is 13.0. The number of alkyl halides is 1. The van der Waals surface area contributed by atoms with Crippen molar-refractivity contribution in [3.8, 4) is 5.69 Å². The third kappa shape index (κ3) is 2.90. The van der Waals surface area contributed by atoms with Crippen molar-refractivity contribution < 1.29 is 4.79 Å². The topological polar surface area (TPSA) is 47.8 Å². The van der Waals surface area contributed by atoms with Gasteiger partial charge in [-0.15, -0.1) is 21.8 Å². The summed E-state index contributed by atoms with van der Waals surface area (Å²) in [5.41, 5.74) is 4.02. The highest BCUT2D eigenvalue weighted by atomic mass is 35.5. The first kappa shape index (κ1) is 15.4. The van der Waals surface area contributed by atoms with E-state index >= 15 is 0 Å². The summed E-state index contributed by atoms with van der Waals surface area (Å²) in [6, 6.07) is 13.3. The third-order valence-electron chi connectivity index (χ3n) is 3.78. The van der Waals surface area contributed by atoms with Crippen molar-refractivity contribution in [3.63, 3.8) is 0 Å². The number of halogens is 1. The van der Waals surface area contributed by atoms with Crippen molar-refractivity contribution in [2.75, 3.05) is 0 Å². The van der Waals surface area contributed by atoms with Crippen molar-refractivity contribution in [1.29, 1.82) is 0 Å². The van der Waals surface area contributed by atoms with Gasteiger partial charge in [-0.2, -0.15) is 0 Å². The molecule has 5 heteroatoms. The van der Waals surface area contributed by atoms with Gasteiger partial charge in [0.1, 0.15) is 6.33 Å². The molecular formula is C18H16ClN3O. The molecule has 2 aromatic carbocycles. The lowest BCUT2D eigenvalue weighted by Gasteiger charge is -2.13. The molecular weight excluding hydrogens is 310 g/mol. The van der Waals surface area contributed by atoms with Gasteiger partial charge >= 0.3 is 0 Å². The SMILES string of the molecule is Cc1ccc(-n2cnnc2CCl)c(C(=O)c2ccccc2C)c1. The molecule has 23 heavy (non-hydrogen) atoms. The van der Waals surface area contributed by atoms with E-state index < -0.39 is 0 Å². The highest BCUT2D eigenvalue weighted by molar-refractivity contribution is 6.16. The lowest BCUT2D eigenvalue weighted by molar-refractivity contribution is 0.103. The normalized spacial score (nSPS) is 10.7. The Hall–Kier alpha value is -2.46. The molecule has 0 N–H and O–H groups in total.